The monoisotopic (exact) mass is 373 g/mol. The van der Waals surface area contributed by atoms with E-state index in [0.717, 1.165) is 17.3 Å². The van der Waals surface area contributed by atoms with Crippen LogP contribution in [0.2, 0.25) is 0 Å². The number of likely N-dealkylation sites (N-methyl/N-ethyl adjacent to an activating group) is 1. The highest BCUT2D eigenvalue weighted by Crippen LogP contribution is 2.18. The first kappa shape index (κ1) is 22.6. The van der Waals surface area contributed by atoms with Gasteiger partial charge in [-0.2, -0.15) is 0 Å². The van der Waals surface area contributed by atoms with Gasteiger partial charge >= 0.3 is 0 Å². The van der Waals surface area contributed by atoms with E-state index in [4.69, 9.17) is 5.21 Å². The quantitative estimate of drug-likeness (QED) is 0.490. The number of hydrogen-bond acceptors (Lipinski definition) is 4. The number of carbonyl (C=O) groups excluding carboxylic acids is 2. The van der Waals surface area contributed by atoms with Crippen LogP contribution in [-0.2, 0) is 4.79 Å². The van der Waals surface area contributed by atoms with Crippen LogP contribution in [0, 0.1) is 0 Å². The van der Waals surface area contributed by atoms with Gasteiger partial charge in [0.25, 0.3) is 5.91 Å². The zero-order valence-electron chi connectivity index (χ0n) is 16.5. The molecule has 3 N–H and O–H groups in total. The van der Waals surface area contributed by atoms with Crippen molar-refractivity contribution in [3.05, 3.63) is 48.0 Å². The third kappa shape index (κ3) is 8.19. The van der Waals surface area contributed by atoms with Gasteiger partial charge in [0.05, 0.1) is 0 Å². The molecule has 2 amide bonds. The van der Waals surface area contributed by atoms with E-state index in [9.17, 15) is 9.59 Å². The van der Waals surface area contributed by atoms with Crippen molar-refractivity contribution in [2.75, 3.05) is 26.7 Å². The van der Waals surface area contributed by atoms with Gasteiger partial charge in [0.1, 0.15) is 0 Å². The van der Waals surface area contributed by atoms with E-state index in [1.165, 1.54) is 6.42 Å². The Kier molecular flexibility index (Phi) is 10.7. The zero-order chi connectivity index (χ0) is 20.1. The van der Waals surface area contributed by atoms with E-state index < -0.39 is 0 Å². The summed E-state index contributed by atoms with van der Waals surface area (Å²) in [5.41, 5.74) is 2.29. The van der Waals surface area contributed by atoms with Crippen LogP contribution >= 0.6 is 0 Å². The van der Waals surface area contributed by atoms with E-state index in [1.807, 2.05) is 54.4 Å². The second kappa shape index (κ2) is 12.8. The summed E-state index contributed by atoms with van der Waals surface area (Å²) >= 11 is 0. The van der Waals surface area contributed by atoms with Crippen LogP contribution in [0.4, 0.5) is 0 Å². The van der Waals surface area contributed by atoms with E-state index in [-0.39, 0.29) is 18.2 Å². The number of amides is 2. The molecule has 0 saturated heterocycles. The molecule has 0 saturated carbocycles. The smallest absolute Gasteiger partial charge is 0.251 e. The molecule has 0 aromatic heterocycles. The largest absolute Gasteiger partial charge is 0.351 e. The third-order valence-corrected chi connectivity index (χ3v) is 3.88. The SMILES string of the molecule is CCC.CN(CCCC(=O)NO)CCNC(=O)c1cccc2ccccc12. The van der Waals surface area contributed by atoms with E-state index >= 15 is 0 Å². The fourth-order valence-corrected chi connectivity index (χ4v) is 2.56. The highest BCUT2D eigenvalue weighted by molar-refractivity contribution is 6.06. The molecule has 0 bridgehead atoms. The molecule has 2 aromatic carbocycles. The summed E-state index contributed by atoms with van der Waals surface area (Å²) in [6.07, 6.45) is 2.18. The Labute approximate surface area is 161 Å². The number of nitrogens with zero attached hydrogens (tertiary/aromatic N) is 1. The maximum Gasteiger partial charge on any atom is 0.251 e. The van der Waals surface area contributed by atoms with Gasteiger partial charge in [-0.3, -0.25) is 14.8 Å². The first-order valence-corrected chi connectivity index (χ1v) is 9.40. The molecule has 0 fully saturated rings. The Balaban J connectivity index is 0.00000114. The van der Waals surface area contributed by atoms with Crippen molar-refractivity contribution < 1.29 is 14.8 Å². The van der Waals surface area contributed by atoms with Crippen LogP contribution in [0.1, 0.15) is 43.5 Å². The predicted molar refractivity (Wildman–Crippen MR) is 109 cm³/mol. The number of rotatable bonds is 8. The lowest BCUT2D eigenvalue weighted by Gasteiger charge is -2.16. The number of nitrogens with one attached hydrogen (secondary N) is 2. The Morgan fingerprint density at radius 3 is 2.41 bits per heavy atom. The highest BCUT2D eigenvalue weighted by atomic mass is 16.5. The summed E-state index contributed by atoms with van der Waals surface area (Å²) in [5.74, 6) is -0.465. The molecule has 2 rings (SSSR count). The van der Waals surface area contributed by atoms with Crippen LogP contribution in [0.3, 0.4) is 0 Å². The molecule has 0 aliphatic heterocycles. The molecule has 0 aliphatic carbocycles. The van der Waals surface area contributed by atoms with Crippen molar-refractivity contribution >= 4 is 22.6 Å². The molecular weight excluding hydrogens is 342 g/mol. The van der Waals surface area contributed by atoms with Gasteiger partial charge in [-0.05, 0) is 36.9 Å². The fraction of sp³-hybridized carbons (Fsp3) is 0.429. The minimum absolute atomic E-state index is 0.0835. The van der Waals surface area contributed by atoms with Crippen molar-refractivity contribution in [1.82, 2.24) is 15.7 Å². The third-order valence-electron chi connectivity index (χ3n) is 3.88. The van der Waals surface area contributed by atoms with Crippen molar-refractivity contribution in [3.8, 4) is 0 Å². The molecule has 0 radical (unpaired) electrons. The molecule has 0 aliphatic rings. The molecule has 0 atom stereocenters. The zero-order valence-corrected chi connectivity index (χ0v) is 16.5. The van der Waals surface area contributed by atoms with E-state index in [1.54, 1.807) is 5.48 Å². The fourth-order valence-electron chi connectivity index (χ4n) is 2.56. The first-order valence-electron chi connectivity index (χ1n) is 9.40. The molecule has 27 heavy (non-hydrogen) atoms. The van der Waals surface area contributed by atoms with Gasteiger partial charge in [0.15, 0.2) is 0 Å². The summed E-state index contributed by atoms with van der Waals surface area (Å²) in [6, 6.07) is 13.5. The van der Waals surface area contributed by atoms with Gasteiger partial charge in [-0.1, -0.05) is 56.7 Å². The summed E-state index contributed by atoms with van der Waals surface area (Å²) in [4.78, 5) is 25.3. The van der Waals surface area contributed by atoms with Crippen LogP contribution < -0.4 is 10.8 Å². The van der Waals surface area contributed by atoms with Crippen molar-refractivity contribution in [2.24, 2.45) is 0 Å². The summed E-state index contributed by atoms with van der Waals surface area (Å²) in [5, 5.41) is 13.3. The van der Waals surface area contributed by atoms with Gasteiger partial charge in [0, 0.05) is 25.1 Å². The average molecular weight is 373 g/mol. The van der Waals surface area contributed by atoms with Gasteiger partial charge in [-0.25, -0.2) is 5.48 Å². The van der Waals surface area contributed by atoms with Crippen molar-refractivity contribution in [1.29, 1.82) is 0 Å². The Hall–Kier alpha value is -2.44. The molecule has 2 aromatic rings. The van der Waals surface area contributed by atoms with Gasteiger partial charge < -0.3 is 10.2 Å². The summed E-state index contributed by atoms with van der Waals surface area (Å²) in [6.45, 7) is 6.19. The number of hydrogen-bond donors (Lipinski definition) is 3. The van der Waals surface area contributed by atoms with Crippen LogP contribution in [0.15, 0.2) is 42.5 Å². The topological polar surface area (TPSA) is 81.7 Å². The second-order valence-corrected chi connectivity index (χ2v) is 6.43. The standard InChI is InChI=1S/C18H23N3O3.C3H8/c1-21(12-5-10-17(22)20-24)13-11-19-18(23)16-9-4-7-14-6-2-3-8-15(14)16;1-3-2/h2-4,6-9,24H,5,10-13H2,1H3,(H,19,23)(H,20,22);3H2,1-2H3. The molecular formula is C21H31N3O3. The normalized spacial score (nSPS) is 10.3. The summed E-state index contributed by atoms with van der Waals surface area (Å²) in [7, 11) is 1.93. The lowest BCUT2D eigenvalue weighted by molar-refractivity contribution is -0.129. The minimum atomic E-state index is -0.382. The molecule has 0 unspecified atom stereocenters. The second-order valence-electron chi connectivity index (χ2n) is 6.43. The van der Waals surface area contributed by atoms with Crippen LogP contribution in [-0.4, -0.2) is 48.6 Å². The Morgan fingerprint density at radius 1 is 1.04 bits per heavy atom. The number of carbonyl (C=O) groups is 2. The maximum absolute atomic E-state index is 12.4. The molecule has 0 spiro atoms. The first-order chi connectivity index (χ1) is 13.0. The van der Waals surface area contributed by atoms with Gasteiger partial charge in [0.2, 0.25) is 5.91 Å². The van der Waals surface area contributed by atoms with Gasteiger partial charge in [-0.15, -0.1) is 0 Å². The lowest BCUT2D eigenvalue weighted by Crippen LogP contribution is -2.33. The Morgan fingerprint density at radius 2 is 1.70 bits per heavy atom. The molecule has 6 nitrogen and oxygen atoms in total. The number of benzene rings is 2. The maximum atomic E-state index is 12.4. The molecule has 6 heteroatoms. The predicted octanol–water partition coefficient (Wildman–Crippen LogP) is 3.20. The number of hydroxylamine groups is 1. The van der Waals surface area contributed by atoms with Crippen LogP contribution in [0.25, 0.3) is 10.8 Å². The van der Waals surface area contributed by atoms with Crippen molar-refractivity contribution in [2.45, 2.75) is 33.1 Å². The van der Waals surface area contributed by atoms with Crippen molar-refractivity contribution in [3.63, 3.8) is 0 Å². The highest BCUT2D eigenvalue weighted by Gasteiger charge is 2.09. The van der Waals surface area contributed by atoms with E-state index in [0.29, 0.717) is 25.1 Å². The van der Waals surface area contributed by atoms with Crippen LogP contribution in [0.5, 0.6) is 0 Å². The molecule has 0 heterocycles. The Bertz CT molecular complexity index is 713. The summed E-state index contributed by atoms with van der Waals surface area (Å²) < 4.78 is 0. The van der Waals surface area contributed by atoms with E-state index in [2.05, 4.69) is 19.2 Å². The lowest BCUT2D eigenvalue weighted by atomic mass is 10.0. The average Bonchev–Trinajstić information content (AvgIpc) is 2.67. The molecule has 148 valence electrons. The minimum Gasteiger partial charge on any atom is -0.351 e. The number of fused-ring (bicyclic) bond motifs is 1.